The molecular formula is C11H15NO3. The Morgan fingerprint density at radius 2 is 2.33 bits per heavy atom. The van der Waals surface area contributed by atoms with Crippen LogP contribution in [-0.2, 0) is 11.2 Å². The minimum Gasteiger partial charge on any atom is -0.508 e. The number of amides is 1. The molecule has 0 heterocycles. The zero-order chi connectivity index (χ0) is 11.1. The predicted octanol–water partition coefficient (Wildman–Crippen LogP) is 1.68. The molecule has 0 radical (unpaired) electrons. The number of carbonyl (C=O) groups excluding carboxylic acids is 1. The highest BCUT2D eigenvalue weighted by molar-refractivity contribution is 5.66. The molecule has 0 saturated carbocycles. The predicted molar refractivity (Wildman–Crippen MR) is 56.8 cm³/mol. The van der Waals surface area contributed by atoms with E-state index < -0.39 is 6.09 Å². The van der Waals surface area contributed by atoms with Gasteiger partial charge in [0, 0.05) is 6.54 Å². The van der Waals surface area contributed by atoms with E-state index in [1.165, 1.54) is 7.11 Å². The van der Waals surface area contributed by atoms with Gasteiger partial charge in [0.1, 0.15) is 5.75 Å². The number of nitrogens with one attached hydrogen (secondary N) is 1. The van der Waals surface area contributed by atoms with Gasteiger partial charge in [-0.25, -0.2) is 4.79 Å². The molecule has 2 N–H and O–H groups in total. The van der Waals surface area contributed by atoms with Crippen LogP contribution < -0.4 is 5.32 Å². The van der Waals surface area contributed by atoms with E-state index in [1.807, 2.05) is 6.07 Å². The monoisotopic (exact) mass is 209 g/mol. The van der Waals surface area contributed by atoms with Crippen molar-refractivity contribution < 1.29 is 14.6 Å². The van der Waals surface area contributed by atoms with Crippen LogP contribution in [0.15, 0.2) is 24.3 Å². The van der Waals surface area contributed by atoms with Crippen LogP contribution in [0.5, 0.6) is 5.75 Å². The number of aromatic hydroxyl groups is 1. The average molecular weight is 209 g/mol. The second kappa shape index (κ2) is 5.90. The highest BCUT2D eigenvalue weighted by Crippen LogP contribution is 2.11. The minimum atomic E-state index is -0.411. The third kappa shape index (κ3) is 4.35. The molecule has 0 spiro atoms. The largest absolute Gasteiger partial charge is 0.508 e. The van der Waals surface area contributed by atoms with Gasteiger partial charge in [-0.2, -0.15) is 0 Å². The van der Waals surface area contributed by atoms with Crippen molar-refractivity contribution in [3.63, 3.8) is 0 Å². The lowest BCUT2D eigenvalue weighted by molar-refractivity contribution is 0.171. The summed E-state index contributed by atoms with van der Waals surface area (Å²) in [7, 11) is 1.34. The number of aryl methyl sites for hydroxylation is 1. The second-order valence-corrected chi connectivity index (χ2v) is 3.19. The van der Waals surface area contributed by atoms with Crippen LogP contribution >= 0.6 is 0 Å². The van der Waals surface area contributed by atoms with E-state index in [9.17, 15) is 9.90 Å². The maximum atomic E-state index is 10.7. The van der Waals surface area contributed by atoms with Gasteiger partial charge in [-0.1, -0.05) is 12.1 Å². The van der Waals surface area contributed by atoms with Crippen LogP contribution in [0.4, 0.5) is 4.79 Å². The zero-order valence-corrected chi connectivity index (χ0v) is 8.69. The Labute approximate surface area is 88.9 Å². The third-order valence-corrected chi connectivity index (χ3v) is 2.01. The molecule has 1 aromatic rings. The SMILES string of the molecule is COC(=O)NCCCc1cccc(O)c1. The van der Waals surface area contributed by atoms with Gasteiger partial charge in [0.25, 0.3) is 0 Å². The van der Waals surface area contributed by atoms with E-state index >= 15 is 0 Å². The molecule has 0 aromatic heterocycles. The molecule has 0 bridgehead atoms. The fraction of sp³-hybridized carbons (Fsp3) is 0.364. The number of phenols is 1. The number of rotatable bonds is 4. The number of phenolic OH excluding ortho intramolecular Hbond substituents is 1. The molecule has 1 amide bonds. The van der Waals surface area contributed by atoms with Crippen molar-refractivity contribution in [1.82, 2.24) is 5.32 Å². The first-order chi connectivity index (χ1) is 7.22. The van der Waals surface area contributed by atoms with Crippen LogP contribution in [-0.4, -0.2) is 24.9 Å². The van der Waals surface area contributed by atoms with Crippen LogP contribution in [0.25, 0.3) is 0 Å². The van der Waals surface area contributed by atoms with Crippen molar-refractivity contribution in [1.29, 1.82) is 0 Å². The Morgan fingerprint density at radius 3 is 3.00 bits per heavy atom. The topological polar surface area (TPSA) is 58.6 Å². The molecule has 82 valence electrons. The number of ether oxygens (including phenoxy) is 1. The average Bonchev–Trinajstić information content (AvgIpc) is 2.24. The lowest BCUT2D eigenvalue weighted by atomic mass is 10.1. The van der Waals surface area contributed by atoms with E-state index in [0.29, 0.717) is 6.54 Å². The first-order valence-electron chi connectivity index (χ1n) is 4.82. The molecule has 0 atom stereocenters. The molecule has 0 fully saturated rings. The summed E-state index contributed by atoms with van der Waals surface area (Å²) in [5.74, 6) is 0.272. The van der Waals surface area contributed by atoms with E-state index in [4.69, 9.17) is 0 Å². The number of methoxy groups -OCH3 is 1. The summed E-state index contributed by atoms with van der Waals surface area (Å²) in [5, 5.41) is 11.8. The Balaban J connectivity index is 2.23. The molecule has 0 unspecified atom stereocenters. The fourth-order valence-corrected chi connectivity index (χ4v) is 1.27. The molecule has 0 aliphatic carbocycles. The Hall–Kier alpha value is -1.71. The number of hydrogen-bond acceptors (Lipinski definition) is 3. The Bertz CT molecular complexity index is 325. The quantitative estimate of drug-likeness (QED) is 0.742. The number of carbonyl (C=O) groups is 1. The van der Waals surface area contributed by atoms with E-state index in [2.05, 4.69) is 10.1 Å². The van der Waals surface area contributed by atoms with Crippen LogP contribution in [0.3, 0.4) is 0 Å². The summed E-state index contributed by atoms with van der Waals surface area (Å²) in [6.45, 7) is 0.572. The highest BCUT2D eigenvalue weighted by atomic mass is 16.5. The summed E-state index contributed by atoms with van der Waals surface area (Å²) in [6, 6.07) is 7.10. The van der Waals surface area contributed by atoms with Crippen molar-refractivity contribution in [3.05, 3.63) is 29.8 Å². The van der Waals surface area contributed by atoms with E-state index in [0.717, 1.165) is 18.4 Å². The van der Waals surface area contributed by atoms with Crippen LogP contribution in [0, 0.1) is 0 Å². The lowest BCUT2D eigenvalue weighted by Gasteiger charge is -2.04. The van der Waals surface area contributed by atoms with Gasteiger partial charge in [0.2, 0.25) is 0 Å². The van der Waals surface area contributed by atoms with Gasteiger partial charge >= 0.3 is 6.09 Å². The first kappa shape index (κ1) is 11.4. The van der Waals surface area contributed by atoms with E-state index in [1.54, 1.807) is 18.2 Å². The smallest absolute Gasteiger partial charge is 0.406 e. The molecule has 0 aliphatic rings. The molecule has 1 rings (SSSR count). The van der Waals surface area contributed by atoms with Gasteiger partial charge in [0.05, 0.1) is 7.11 Å². The zero-order valence-electron chi connectivity index (χ0n) is 8.69. The van der Waals surface area contributed by atoms with Gasteiger partial charge in [-0.15, -0.1) is 0 Å². The molecule has 1 aromatic carbocycles. The summed E-state index contributed by atoms with van der Waals surface area (Å²) in [4.78, 5) is 10.7. The van der Waals surface area contributed by atoms with Crippen molar-refractivity contribution in [2.45, 2.75) is 12.8 Å². The lowest BCUT2D eigenvalue weighted by Crippen LogP contribution is -2.24. The molecule has 0 saturated heterocycles. The summed E-state index contributed by atoms with van der Waals surface area (Å²) in [5.41, 5.74) is 1.06. The Morgan fingerprint density at radius 1 is 1.53 bits per heavy atom. The number of alkyl carbamates (subject to hydrolysis) is 1. The van der Waals surface area contributed by atoms with Crippen LogP contribution in [0.2, 0.25) is 0 Å². The maximum absolute atomic E-state index is 10.7. The maximum Gasteiger partial charge on any atom is 0.406 e. The third-order valence-electron chi connectivity index (χ3n) is 2.01. The number of benzene rings is 1. The summed E-state index contributed by atoms with van der Waals surface area (Å²) >= 11 is 0. The molecular weight excluding hydrogens is 194 g/mol. The van der Waals surface area contributed by atoms with Gasteiger partial charge in [0.15, 0.2) is 0 Å². The molecule has 4 heteroatoms. The van der Waals surface area contributed by atoms with Crippen LogP contribution in [0.1, 0.15) is 12.0 Å². The summed E-state index contributed by atoms with van der Waals surface area (Å²) in [6.07, 6.45) is 1.22. The van der Waals surface area contributed by atoms with Crippen molar-refractivity contribution in [2.75, 3.05) is 13.7 Å². The van der Waals surface area contributed by atoms with Crippen molar-refractivity contribution in [2.24, 2.45) is 0 Å². The van der Waals surface area contributed by atoms with Gasteiger partial charge in [-0.3, -0.25) is 0 Å². The number of hydrogen-bond donors (Lipinski definition) is 2. The standard InChI is InChI=1S/C11H15NO3/c1-15-11(14)12-7-3-5-9-4-2-6-10(13)8-9/h2,4,6,8,13H,3,5,7H2,1H3,(H,12,14). The highest BCUT2D eigenvalue weighted by Gasteiger charge is 1.98. The van der Waals surface area contributed by atoms with Crippen molar-refractivity contribution in [3.8, 4) is 5.75 Å². The second-order valence-electron chi connectivity index (χ2n) is 3.19. The minimum absolute atomic E-state index is 0.272. The van der Waals surface area contributed by atoms with Crippen molar-refractivity contribution >= 4 is 6.09 Å². The first-order valence-corrected chi connectivity index (χ1v) is 4.82. The fourth-order valence-electron chi connectivity index (χ4n) is 1.27. The van der Waals surface area contributed by atoms with Gasteiger partial charge in [-0.05, 0) is 30.5 Å². The molecule has 0 aliphatic heterocycles. The molecule has 4 nitrogen and oxygen atoms in total. The Kier molecular flexibility index (Phi) is 4.47. The molecule has 15 heavy (non-hydrogen) atoms. The summed E-state index contributed by atoms with van der Waals surface area (Å²) < 4.78 is 4.43. The van der Waals surface area contributed by atoms with Gasteiger partial charge < -0.3 is 15.2 Å². The normalized spacial score (nSPS) is 9.67. The van der Waals surface area contributed by atoms with E-state index in [-0.39, 0.29) is 5.75 Å².